The molecule has 1 saturated heterocycles. The first-order valence-electron chi connectivity index (χ1n) is 6.49. The number of hydrogen-bond acceptors (Lipinski definition) is 3. The van der Waals surface area contributed by atoms with Gasteiger partial charge in [0.05, 0.1) is 17.1 Å². The van der Waals surface area contributed by atoms with Crippen LogP contribution >= 0.6 is 11.6 Å². The minimum Gasteiger partial charge on any atom is -0.274 e. The predicted octanol–water partition coefficient (Wildman–Crippen LogP) is 3.22. The van der Waals surface area contributed by atoms with Crippen molar-refractivity contribution in [3.63, 3.8) is 0 Å². The molecular weight excluding hydrogens is 307 g/mol. The van der Waals surface area contributed by atoms with Crippen LogP contribution < -0.4 is 4.90 Å². The van der Waals surface area contributed by atoms with E-state index in [1.54, 1.807) is 30.6 Å². The summed E-state index contributed by atoms with van der Waals surface area (Å²) in [7, 11) is 0. The van der Waals surface area contributed by atoms with Crippen molar-refractivity contribution in [2.24, 2.45) is 0 Å². The third kappa shape index (κ3) is 2.63. The lowest BCUT2D eigenvalue weighted by Gasteiger charge is -2.13. The Labute approximate surface area is 130 Å². The van der Waals surface area contributed by atoms with Gasteiger partial charge in [-0.25, -0.2) is 9.29 Å². The van der Waals surface area contributed by atoms with Gasteiger partial charge in [-0.15, -0.1) is 0 Å². The summed E-state index contributed by atoms with van der Waals surface area (Å²) >= 11 is 5.71. The molecule has 0 aliphatic carbocycles. The third-order valence-electron chi connectivity index (χ3n) is 3.26. The quantitative estimate of drug-likeness (QED) is 0.631. The normalized spacial score (nSPS) is 16.6. The van der Waals surface area contributed by atoms with E-state index in [4.69, 9.17) is 11.6 Å². The van der Waals surface area contributed by atoms with E-state index in [0.29, 0.717) is 5.57 Å². The first kappa shape index (κ1) is 14.4. The van der Waals surface area contributed by atoms with Gasteiger partial charge in [-0.3, -0.25) is 14.6 Å². The Kier molecular flexibility index (Phi) is 3.73. The molecule has 0 N–H and O–H groups in total. The van der Waals surface area contributed by atoms with E-state index in [-0.39, 0.29) is 23.0 Å². The van der Waals surface area contributed by atoms with Gasteiger partial charge in [0.25, 0.3) is 5.91 Å². The fraction of sp³-hybridized carbons (Fsp3) is 0.0625. The fourth-order valence-corrected chi connectivity index (χ4v) is 2.41. The maximum atomic E-state index is 13.2. The van der Waals surface area contributed by atoms with Crippen molar-refractivity contribution in [2.45, 2.75) is 6.42 Å². The van der Waals surface area contributed by atoms with Crippen LogP contribution in [0.1, 0.15) is 12.0 Å². The number of benzene rings is 1. The maximum absolute atomic E-state index is 13.2. The van der Waals surface area contributed by atoms with Crippen LogP contribution in [0.25, 0.3) is 6.08 Å². The van der Waals surface area contributed by atoms with Crippen molar-refractivity contribution in [2.75, 3.05) is 4.90 Å². The van der Waals surface area contributed by atoms with Crippen LogP contribution in [0.2, 0.25) is 5.02 Å². The van der Waals surface area contributed by atoms with Crippen molar-refractivity contribution in [1.29, 1.82) is 0 Å². The highest BCUT2D eigenvalue weighted by Gasteiger charge is 2.35. The molecule has 110 valence electrons. The number of carbonyl (C=O) groups excluding carboxylic acids is 2. The average Bonchev–Trinajstić information content (AvgIpc) is 2.78. The zero-order valence-electron chi connectivity index (χ0n) is 11.3. The number of pyridine rings is 1. The van der Waals surface area contributed by atoms with Gasteiger partial charge in [0.2, 0.25) is 5.91 Å². The molecule has 0 spiro atoms. The van der Waals surface area contributed by atoms with Crippen LogP contribution in [-0.4, -0.2) is 16.8 Å². The highest BCUT2D eigenvalue weighted by molar-refractivity contribution is 6.32. The van der Waals surface area contributed by atoms with Gasteiger partial charge in [0, 0.05) is 18.0 Å². The molecule has 1 aliphatic rings. The molecule has 0 bridgehead atoms. The summed E-state index contributed by atoms with van der Waals surface area (Å²) in [5.41, 5.74) is 1.35. The Morgan fingerprint density at radius 1 is 1.27 bits per heavy atom. The summed E-state index contributed by atoms with van der Waals surface area (Å²) in [6.07, 6.45) is 4.83. The number of nitrogens with zero attached hydrogens (tertiary/aromatic N) is 2. The van der Waals surface area contributed by atoms with Crippen molar-refractivity contribution < 1.29 is 14.0 Å². The molecule has 1 aromatic heterocycles. The van der Waals surface area contributed by atoms with E-state index in [9.17, 15) is 14.0 Å². The van der Waals surface area contributed by atoms with Crippen LogP contribution in [0.4, 0.5) is 10.1 Å². The summed E-state index contributed by atoms with van der Waals surface area (Å²) < 4.78 is 13.2. The lowest BCUT2D eigenvalue weighted by atomic mass is 10.1. The second-order valence-corrected chi connectivity index (χ2v) is 5.17. The average molecular weight is 317 g/mol. The number of halogens is 2. The molecule has 1 aromatic carbocycles. The number of aromatic nitrogens is 1. The molecule has 0 radical (unpaired) electrons. The molecule has 1 fully saturated rings. The zero-order valence-corrected chi connectivity index (χ0v) is 12.0. The van der Waals surface area contributed by atoms with Gasteiger partial charge in [0.15, 0.2) is 0 Å². The summed E-state index contributed by atoms with van der Waals surface area (Å²) in [5.74, 6) is -1.41. The molecule has 4 nitrogen and oxygen atoms in total. The second-order valence-electron chi connectivity index (χ2n) is 4.77. The monoisotopic (exact) mass is 316 g/mol. The highest BCUT2D eigenvalue weighted by atomic mass is 35.5. The molecule has 0 saturated carbocycles. The van der Waals surface area contributed by atoms with Crippen molar-refractivity contribution in [3.05, 3.63) is 64.7 Å². The Morgan fingerprint density at radius 3 is 2.77 bits per heavy atom. The molecule has 0 unspecified atom stereocenters. The van der Waals surface area contributed by atoms with Crippen LogP contribution in [0, 0.1) is 5.82 Å². The van der Waals surface area contributed by atoms with Gasteiger partial charge in [-0.1, -0.05) is 17.7 Å². The summed E-state index contributed by atoms with van der Waals surface area (Å²) in [4.78, 5) is 29.5. The van der Waals surface area contributed by atoms with Crippen molar-refractivity contribution >= 4 is 35.2 Å². The van der Waals surface area contributed by atoms with Crippen LogP contribution in [0.5, 0.6) is 0 Å². The van der Waals surface area contributed by atoms with Gasteiger partial charge in [-0.05, 0) is 35.9 Å². The van der Waals surface area contributed by atoms with Gasteiger partial charge < -0.3 is 0 Å². The van der Waals surface area contributed by atoms with Gasteiger partial charge in [-0.2, -0.15) is 0 Å². The molecule has 1 aliphatic heterocycles. The molecule has 2 amide bonds. The molecule has 0 atom stereocenters. The predicted molar refractivity (Wildman–Crippen MR) is 80.7 cm³/mol. The Bertz CT molecular complexity index is 790. The number of imide groups is 1. The Morgan fingerprint density at radius 2 is 2.09 bits per heavy atom. The van der Waals surface area contributed by atoms with Crippen LogP contribution in [-0.2, 0) is 9.59 Å². The van der Waals surface area contributed by atoms with E-state index < -0.39 is 11.7 Å². The van der Waals surface area contributed by atoms with Crippen molar-refractivity contribution in [1.82, 2.24) is 4.98 Å². The maximum Gasteiger partial charge on any atom is 0.261 e. The lowest BCUT2D eigenvalue weighted by Crippen LogP contribution is -2.28. The van der Waals surface area contributed by atoms with E-state index in [2.05, 4.69) is 4.98 Å². The Balaban J connectivity index is 1.95. The summed E-state index contributed by atoms with van der Waals surface area (Å²) in [6, 6.07) is 7.27. The molecular formula is C16H10ClFN2O2. The fourth-order valence-electron chi connectivity index (χ4n) is 2.24. The van der Waals surface area contributed by atoms with E-state index in [1.165, 1.54) is 12.1 Å². The van der Waals surface area contributed by atoms with Crippen molar-refractivity contribution in [3.8, 4) is 0 Å². The third-order valence-corrected chi connectivity index (χ3v) is 3.55. The molecule has 22 heavy (non-hydrogen) atoms. The second kappa shape index (κ2) is 5.69. The SMILES string of the molecule is O=C1CC(=Cc2cccnc2)C(=O)N1c1ccc(F)c(Cl)c1. The van der Waals surface area contributed by atoms with E-state index >= 15 is 0 Å². The molecule has 2 heterocycles. The summed E-state index contributed by atoms with van der Waals surface area (Å²) in [6.45, 7) is 0. The minimum atomic E-state index is -0.601. The first-order chi connectivity index (χ1) is 10.6. The zero-order chi connectivity index (χ0) is 15.7. The topological polar surface area (TPSA) is 50.3 Å². The lowest BCUT2D eigenvalue weighted by molar-refractivity contribution is -0.120. The number of rotatable bonds is 2. The van der Waals surface area contributed by atoms with Gasteiger partial charge in [0.1, 0.15) is 5.82 Å². The number of carbonyl (C=O) groups is 2. The first-order valence-corrected chi connectivity index (χ1v) is 6.87. The number of amides is 2. The smallest absolute Gasteiger partial charge is 0.261 e. The van der Waals surface area contributed by atoms with Crippen LogP contribution in [0.15, 0.2) is 48.3 Å². The molecule has 6 heteroatoms. The molecule has 2 aromatic rings. The molecule has 3 rings (SSSR count). The van der Waals surface area contributed by atoms with E-state index in [1.807, 2.05) is 0 Å². The van der Waals surface area contributed by atoms with Crippen LogP contribution in [0.3, 0.4) is 0 Å². The summed E-state index contributed by atoms with van der Waals surface area (Å²) in [5, 5.41) is -0.136. The minimum absolute atomic E-state index is 0.0112. The largest absolute Gasteiger partial charge is 0.274 e. The standard InChI is InChI=1S/C16H10ClFN2O2/c17-13-8-12(3-4-14(13)18)20-15(21)7-11(16(20)22)6-10-2-1-5-19-9-10/h1-6,8-9H,7H2. The van der Waals surface area contributed by atoms with E-state index in [0.717, 1.165) is 16.5 Å². The highest BCUT2D eigenvalue weighted by Crippen LogP contribution is 2.29. The Hall–Kier alpha value is -2.53. The number of anilines is 1. The number of hydrogen-bond donors (Lipinski definition) is 0. The van der Waals surface area contributed by atoms with Gasteiger partial charge >= 0.3 is 0 Å².